The lowest BCUT2D eigenvalue weighted by Crippen LogP contribution is -2.45. The van der Waals surface area contributed by atoms with Crippen LogP contribution in [0.4, 0.5) is 0 Å². The number of carbonyl (C=O) groups excluding carboxylic acids is 1. The molecular weight excluding hydrogens is 228 g/mol. The Morgan fingerprint density at radius 3 is 2.61 bits per heavy atom. The van der Waals surface area contributed by atoms with Gasteiger partial charge in [-0.25, -0.2) is 0 Å². The van der Waals surface area contributed by atoms with E-state index in [0.717, 1.165) is 25.9 Å². The molecule has 1 fully saturated rings. The fourth-order valence-corrected chi connectivity index (χ4v) is 2.62. The van der Waals surface area contributed by atoms with E-state index < -0.39 is 0 Å². The average molecular weight is 256 g/mol. The fraction of sp³-hybridized carbons (Fsp3) is 0.929. The molecule has 0 radical (unpaired) electrons. The average Bonchev–Trinajstić information content (AvgIpc) is 2.42. The van der Waals surface area contributed by atoms with Crippen LogP contribution in [0.2, 0.25) is 0 Å². The van der Waals surface area contributed by atoms with Gasteiger partial charge in [-0.15, -0.1) is 0 Å². The number of amides is 1. The molecule has 4 heteroatoms. The largest absolute Gasteiger partial charge is 0.396 e. The van der Waals surface area contributed by atoms with E-state index in [-0.39, 0.29) is 18.6 Å². The van der Waals surface area contributed by atoms with Crippen LogP contribution in [0.1, 0.15) is 46.0 Å². The number of nitrogens with one attached hydrogen (secondary N) is 2. The van der Waals surface area contributed by atoms with Gasteiger partial charge in [-0.3, -0.25) is 4.79 Å². The van der Waals surface area contributed by atoms with Crippen molar-refractivity contribution in [3.8, 4) is 0 Å². The lowest BCUT2D eigenvalue weighted by Gasteiger charge is -2.31. The molecule has 0 bridgehead atoms. The zero-order valence-corrected chi connectivity index (χ0v) is 11.7. The Hall–Kier alpha value is -0.610. The van der Waals surface area contributed by atoms with Crippen molar-refractivity contribution < 1.29 is 9.90 Å². The monoisotopic (exact) mass is 256 g/mol. The number of rotatable bonds is 7. The molecule has 0 saturated heterocycles. The molecule has 1 saturated carbocycles. The topological polar surface area (TPSA) is 61.4 Å². The summed E-state index contributed by atoms with van der Waals surface area (Å²) in [6.45, 7) is 5.82. The van der Waals surface area contributed by atoms with Gasteiger partial charge >= 0.3 is 0 Å². The maximum Gasteiger partial charge on any atom is 0.236 e. The van der Waals surface area contributed by atoms with Gasteiger partial charge in [0.1, 0.15) is 0 Å². The minimum Gasteiger partial charge on any atom is -0.396 e. The Bertz CT molecular complexity index is 246. The molecule has 0 aromatic carbocycles. The molecule has 3 N–H and O–H groups in total. The maximum absolute atomic E-state index is 11.7. The zero-order valence-electron chi connectivity index (χ0n) is 11.7. The van der Waals surface area contributed by atoms with Crippen molar-refractivity contribution in [2.24, 2.45) is 11.8 Å². The van der Waals surface area contributed by atoms with E-state index in [1.165, 1.54) is 19.3 Å². The van der Waals surface area contributed by atoms with Gasteiger partial charge in [0.15, 0.2) is 0 Å². The van der Waals surface area contributed by atoms with E-state index in [1.807, 2.05) is 13.8 Å². The molecule has 1 aliphatic carbocycles. The van der Waals surface area contributed by atoms with E-state index in [0.29, 0.717) is 11.8 Å². The SMILES string of the molecule is CCCNC(=O)C(C)NCC1CCCCC1CO. The van der Waals surface area contributed by atoms with Crippen LogP contribution in [0.25, 0.3) is 0 Å². The first kappa shape index (κ1) is 15.4. The van der Waals surface area contributed by atoms with Crippen molar-refractivity contribution in [2.75, 3.05) is 19.7 Å². The maximum atomic E-state index is 11.7. The first-order valence-electron chi connectivity index (χ1n) is 7.31. The summed E-state index contributed by atoms with van der Waals surface area (Å²) in [5.41, 5.74) is 0. The van der Waals surface area contributed by atoms with E-state index >= 15 is 0 Å². The molecule has 3 atom stereocenters. The zero-order chi connectivity index (χ0) is 13.4. The third-order valence-electron chi connectivity index (χ3n) is 3.93. The highest BCUT2D eigenvalue weighted by Crippen LogP contribution is 2.29. The highest BCUT2D eigenvalue weighted by Gasteiger charge is 2.25. The molecule has 1 rings (SSSR count). The van der Waals surface area contributed by atoms with E-state index in [4.69, 9.17) is 0 Å². The lowest BCUT2D eigenvalue weighted by atomic mass is 9.79. The van der Waals surface area contributed by atoms with Crippen LogP contribution >= 0.6 is 0 Å². The van der Waals surface area contributed by atoms with Crippen LogP contribution in [0.5, 0.6) is 0 Å². The predicted octanol–water partition coefficient (Wildman–Crippen LogP) is 1.29. The summed E-state index contributed by atoms with van der Waals surface area (Å²) in [5, 5.41) is 15.5. The minimum absolute atomic E-state index is 0.0770. The third-order valence-corrected chi connectivity index (χ3v) is 3.93. The molecular formula is C14H28N2O2. The van der Waals surface area contributed by atoms with Gasteiger partial charge in [0.2, 0.25) is 5.91 Å². The Kier molecular flexibility index (Phi) is 7.28. The number of aliphatic hydroxyl groups is 1. The van der Waals surface area contributed by atoms with Gasteiger partial charge in [0.25, 0.3) is 0 Å². The van der Waals surface area contributed by atoms with Crippen LogP contribution < -0.4 is 10.6 Å². The summed E-state index contributed by atoms with van der Waals surface area (Å²) in [5.74, 6) is 1.01. The quantitative estimate of drug-likeness (QED) is 0.643. The summed E-state index contributed by atoms with van der Waals surface area (Å²) in [7, 11) is 0. The molecule has 3 unspecified atom stereocenters. The fourth-order valence-electron chi connectivity index (χ4n) is 2.62. The molecule has 0 spiro atoms. The summed E-state index contributed by atoms with van der Waals surface area (Å²) in [6.07, 6.45) is 5.74. The predicted molar refractivity (Wildman–Crippen MR) is 73.3 cm³/mol. The molecule has 0 aromatic heterocycles. The molecule has 18 heavy (non-hydrogen) atoms. The Morgan fingerprint density at radius 2 is 2.00 bits per heavy atom. The van der Waals surface area contributed by atoms with Gasteiger partial charge < -0.3 is 15.7 Å². The molecule has 0 heterocycles. The van der Waals surface area contributed by atoms with Crippen LogP contribution in [0.3, 0.4) is 0 Å². The second-order valence-electron chi connectivity index (χ2n) is 5.41. The number of hydrogen-bond acceptors (Lipinski definition) is 3. The molecule has 4 nitrogen and oxygen atoms in total. The Morgan fingerprint density at radius 1 is 1.33 bits per heavy atom. The number of hydrogen-bond donors (Lipinski definition) is 3. The van der Waals surface area contributed by atoms with E-state index in [9.17, 15) is 9.90 Å². The van der Waals surface area contributed by atoms with Crippen LogP contribution in [0.15, 0.2) is 0 Å². The van der Waals surface area contributed by atoms with Crippen molar-refractivity contribution in [1.82, 2.24) is 10.6 Å². The summed E-state index contributed by atoms with van der Waals surface area (Å²) < 4.78 is 0. The first-order valence-corrected chi connectivity index (χ1v) is 7.31. The highest BCUT2D eigenvalue weighted by molar-refractivity contribution is 5.81. The molecule has 0 aromatic rings. The van der Waals surface area contributed by atoms with Crippen molar-refractivity contribution >= 4 is 5.91 Å². The van der Waals surface area contributed by atoms with E-state index in [1.54, 1.807) is 0 Å². The van der Waals surface area contributed by atoms with Gasteiger partial charge in [-0.05, 0) is 44.6 Å². The van der Waals surface area contributed by atoms with Crippen molar-refractivity contribution in [1.29, 1.82) is 0 Å². The van der Waals surface area contributed by atoms with Gasteiger partial charge in [-0.2, -0.15) is 0 Å². The Labute approximate surface area is 111 Å². The first-order chi connectivity index (χ1) is 8.69. The summed E-state index contributed by atoms with van der Waals surface area (Å²) in [4.78, 5) is 11.7. The third kappa shape index (κ3) is 4.94. The van der Waals surface area contributed by atoms with Crippen LogP contribution in [-0.4, -0.2) is 36.8 Å². The van der Waals surface area contributed by atoms with Crippen molar-refractivity contribution in [2.45, 2.75) is 52.0 Å². The van der Waals surface area contributed by atoms with Gasteiger partial charge in [-0.1, -0.05) is 19.8 Å². The molecule has 106 valence electrons. The smallest absolute Gasteiger partial charge is 0.236 e. The van der Waals surface area contributed by atoms with Gasteiger partial charge in [0.05, 0.1) is 6.04 Å². The molecule has 1 aliphatic rings. The normalized spacial score (nSPS) is 25.7. The molecule has 1 amide bonds. The summed E-state index contributed by atoms with van der Waals surface area (Å²) in [6, 6.07) is -0.141. The second-order valence-corrected chi connectivity index (χ2v) is 5.41. The lowest BCUT2D eigenvalue weighted by molar-refractivity contribution is -0.122. The van der Waals surface area contributed by atoms with Crippen molar-refractivity contribution in [3.05, 3.63) is 0 Å². The summed E-state index contributed by atoms with van der Waals surface area (Å²) >= 11 is 0. The van der Waals surface area contributed by atoms with Crippen LogP contribution in [-0.2, 0) is 4.79 Å². The van der Waals surface area contributed by atoms with E-state index in [2.05, 4.69) is 10.6 Å². The Balaban J connectivity index is 2.27. The number of aliphatic hydroxyl groups excluding tert-OH is 1. The number of carbonyl (C=O) groups is 1. The second kappa shape index (κ2) is 8.48. The van der Waals surface area contributed by atoms with Crippen LogP contribution in [0, 0.1) is 11.8 Å². The highest BCUT2D eigenvalue weighted by atomic mass is 16.3. The molecule has 0 aliphatic heterocycles. The van der Waals surface area contributed by atoms with Crippen molar-refractivity contribution in [3.63, 3.8) is 0 Å². The van der Waals surface area contributed by atoms with Gasteiger partial charge in [0, 0.05) is 13.2 Å². The minimum atomic E-state index is -0.141. The standard InChI is InChI=1S/C14H28N2O2/c1-3-8-15-14(18)11(2)16-9-12-6-4-5-7-13(12)10-17/h11-13,16-17H,3-10H2,1-2H3,(H,15,18).